The van der Waals surface area contributed by atoms with Gasteiger partial charge < -0.3 is 14.2 Å². The zero-order valence-electron chi connectivity index (χ0n) is 16.4. The zero-order valence-corrected chi connectivity index (χ0v) is 16.4. The van der Waals surface area contributed by atoms with Gasteiger partial charge in [-0.05, 0) is 31.7 Å². The lowest BCUT2D eigenvalue weighted by Gasteiger charge is -2.35. The molecule has 27 heavy (non-hydrogen) atoms. The summed E-state index contributed by atoms with van der Waals surface area (Å²) in [6, 6.07) is 9.84. The number of nitrogens with zero attached hydrogens (tertiary/aromatic N) is 1. The molecule has 1 saturated carbocycles. The number of benzene rings is 1. The van der Waals surface area contributed by atoms with Crippen molar-refractivity contribution >= 4 is 6.09 Å². The van der Waals surface area contributed by atoms with Crippen LogP contribution in [0.15, 0.2) is 30.3 Å². The summed E-state index contributed by atoms with van der Waals surface area (Å²) in [6.07, 6.45) is 7.19. The fourth-order valence-corrected chi connectivity index (χ4v) is 4.73. The first-order chi connectivity index (χ1) is 13.0. The predicted molar refractivity (Wildman–Crippen MR) is 102 cm³/mol. The molecule has 2 aliphatic heterocycles. The standard InChI is InChI=1S/C22H31NO4/c1-22(2)23(21(24)26-14-17-11-7-4-8-12-17)18(20(27-22)19-15-25-19)13-16-9-5-3-6-10-16/h4,7-8,11-12,16,18-20H,3,5-6,9-10,13-15H2,1-2H3/t18-,19+,20+/m0/s1. The smallest absolute Gasteiger partial charge is 0.412 e. The van der Waals surface area contributed by atoms with Crippen LogP contribution in [0.3, 0.4) is 0 Å². The van der Waals surface area contributed by atoms with Crippen molar-refractivity contribution in [3.63, 3.8) is 0 Å². The Morgan fingerprint density at radius 1 is 1.19 bits per heavy atom. The van der Waals surface area contributed by atoms with E-state index in [1.807, 2.05) is 49.1 Å². The highest BCUT2D eigenvalue weighted by Gasteiger charge is 2.56. The maximum Gasteiger partial charge on any atom is 0.412 e. The molecule has 5 nitrogen and oxygen atoms in total. The van der Waals surface area contributed by atoms with Gasteiger partial charge in [0.25, 0.3) is 0 Å². The van der Waals surface area contributed by atoms with E-state index in [0.717, 1.165) is 18.6 Å². The normalized spacial score (nSPS) is 30.3. The Labute approximate surface area is 162 Å². The Morgan fingerprint density at radius 2 is 1.89 bits per heavy atom. The maximum atomic E-state index is 13.1. The lowest BCUT2D eigenvalue weighted by atomic mass is 9.83. The van der Waals surface area contributed by atoms with Crippen molar-refractivity contribution in [1.82, 2.24) is 4.90 Å². The number of hydrogen-bond donors (Lipinski definition) is 0. The van der Waals surface area contributed by atoms with Crippen molar-refractivity contribution in [3.05, 3.63) is 35.9 Å². The van der Waals surface area contributed by atoms with E-state index in [4.69, 9.17) is 14.2 Å². The van der Waals surface area contributed by atoms with Crippen LogP contribution in [-0.4, -0.2) is 41.6 Å². The van der Waals surface area contributed by atoms with Gasteiger partial charge in [0.1, 0.15) is 24.5 Å². The monoisotopic (exact) mass is 373 g/mol. The van der Waals surface area contributed by atoms with E-state index in [2.05, 4.69) is 0 Å². The fraction of sp³-hybridized carbons (Fsp3) is 0.682. The summed E-state index contributed by atoms with van der Waals surface area (Å²) in [5.41, 5.74) is 0.318. The second-order valence-corrected chi connectivity index (χ2v) is 8.62. The summed E-state index contributed by atoms with van der Waals surface area (Å²) < 4.78 is 17.6. The van der Waals surface area contributed by atoms with Crippen LogP contribution >= 0.6 is 0 Å². The molecule has 0 spiro atoms. The van der Waals surface area contributed by atoms with Gasteiger partial charge in [-0.3, -0.25) is 4.90 Å². The van der Waals surface area contributed by atoms with Crippen LogP contribution in [0.4, 0.5) is 4.79 Å². The summed E-state index contributed by atoms with van der Waals surface area (Å²) in [7, 11) is 0. The third kappa shape index (κ3) is 4.30. The maximum absolute atomic E-state index is 13.1. The highest BCUT2D eigenvalue weighted by molar-refractivity contribution is 5.69. The van der Waals surface area contributed by atoms with Gasteiger partial charge >= 0.3 is 6.09 Å². The second-order valence-electron chi connectivity index (χ2n) is 8.62. The minimum Gasteiger partial charge on any atom is -0.444 e. The molecular weight excluding hydrogens is 342 g/mol. The number of carbonyl (C=O) groups excluding carboxylic acids is 1. The molecule has 3 atom stereocenters. The summed E-state index contributed by atoms with van der Waals surface area (Å²) in [5, 5.41) is 0. The number of rotatable bonds is 5. The molecule has 4 rings (SSSR count). The van der Waals surface area contributed by atoms with E-state index >= 15 is 0 Å². The molecule has 1 amide bonds. The lowest BCUT2D eigenvalue weighted by Crippen LogP contribution is -2.49. The molecule has 148 valence electrons. The highest BCUT2D eigenvalue weighted by atomic mass is 16.6. The van der Waals surface area contributed by atoms with E-state index in [0.29, 0.717) is 5.92 Å². The van der Waals surface area contributed by atoms with Crippen molar-refractivity contribution < 1.29 is 19.0 Å². The molecule has 0 unspecified atom stereocenters. The number of ether oxygens (including phenoxy) is 3. The van der Waals surface area contributed by atoms with Gasteiger partial charge in [-0.25, -0.2) is 4.79 Å². The van der Waals surface area contributed by atoms with Gasteiger partial charge in [-0.15, -0.1) is 0 Å². The van der Waals surface area contributed by atoms with Crippen LogP contribution in [0.25, 0.3) is 0 Å². The van der Waals surface area contributed by atoms with Crippen molar-refractivity contribution in [3.8, 4) is 0 Å². The number of epoxide rings is 1. The van der Waals surface area contributed by atoms with Crippen LogP contribution in [0.5, 0.6) is 0 Å². The SMILES string of the molecule is CC1(C)O[C@@H]([C@H]2CO2)[C@H](CC2CCCCC2)N1C(=O)OCc1ccccc1. The van der Waals surface area contributed by atoms with Gasteiger partial charge in [0, 0.05) is 0 Å². The minimum atomic E-state index is -0.677. The molecule has 0 aromatic heterocycles. The van der Waals surface area contributed by atoms with Crippen LogP contribution in [0.1, 0.15) is 57.9 Å². The summed E-state index contributed by atoms with van der Waals surface area (Å²) in [5.74, 6) is 0.659. The Kier molecular flexibility index (Phi) is 5.42. The molecule has 3 fully saturated rings. The molecule has 3 aliphatic rings. The second kappa shape index (κ2) is 7.80. The molecule has 5 heteroatoms. The van der Waals surface area contributed by atoms with E-state index in [1.165, 1.54) is 32.1 Å². The van der Waals surface area contributed by atoms with Crippen molar-refractivity contribution in [1.29, 1.82) is 0 Å². The molecule has 2 heterocycles. The van der Waals surface area contributed by atoms with Gasteiger partial charge in [0.2, 0.25) is 0 Å². The van der Waals surface area contributed by atoms with Crippen LogP contribution in [0, 0.1) is 5.92 Å². The first-order valence-electron chi connectivity index (χ1n) is 10.3. The van der Waals surface area contributed by atoms with E-state index < -0.39 is 5.72 Å². The first kappa shape index (κ1) is 18.8. The van der Waals surface area contributed by atoms with Gasteiger partial charge in [-0.1, -0.05) is 62.4 Å². The van der Waals surface area contributed by atoms with Crippen LogP contribution < -0.4 is 0 Å². The van der Waals surface area contributed by atoms with Crippen molar-refractivity contribution in [2.45, 2.75) is 83.0 Å². The number of carbonyl (C=O) groups is 1. The fourth-order valence-electron chi connectivity index (χ4n) is 4.73. The van der Waals surface area contributed by atoms with Crippen LogP contribution in [-0.2, 0) is 20.8 Å². The van der Waals surface area contributed by atoms with Gasteiger partial charge in [0.15, 0.2) is 0 Å². The molecule has 0 radical (unpaired) electrons. The highest BCUT2D eigenvalue weighted by Crippen LogP contribution is 2.42. The molecule has 1 aliphatic carbocycles. The summed E-state index contributed by atoms with van der Waals surface area (Å²) >= 11 is 0. The third-order valence-electron chi connectivity index (χ3n) is 6.14. The molecule has 1 aromatic carbocycles. The van der Waals surface area contributed by atoms with Gasteiger partial charge in [0.05, 0.1) is 12.6 Å². The molecule has 0 bridgehead atoms. The summed E-state index contributed by atoms with van der Waals surface area (Å²) in [4.78, 5) is 14.9. The van der Waals surface area contributed by atoms with E-state index in [9.17, 15) is 4.79 Å². The third-order valence-corrected chi connectivity index (χ3v) is 6.14. The average molecular weight is 373 g/mol. The molecule has 2 saturated heterocycles. The quantitative estimate of drug-likeness (QED) is 0.713. The van der Waals surface area contributed by atoms with E-state index in [1.54, 1.807) is 0 Å². The Morgan fingerprint density at radius 3 is 2.56 bits per heavy atom. The Hall–Kier alpha value is -1.59. The number of hydrogen-bond acceptors (Lipinski definition) is 4. The van der Waals surface area contributed by atoms with Gasteiger partial charge in [-0.2, -0.15) is 0 Å². The summed E-state index contributed by atoms with van der Waals surface area (Å²) in [6.45, 7) is 4.95. The molecular formula is C22H31NO4. The largest absolute Gasteiger partial charge is 0.444 e. The predicted octanol–water partition coefficient (Wildman–Crippen LogP) is 4.50. The zero-order chi connectivity index (χ0) is 18.9. The molecule has 0 N–H and O–H groups in total. The van der Waals surface area contributed by atoms with E-state index in [-0.39, 0.29) is 30.9 Å². The van der Waals surface area contributed by atoms with Crippen molar-refractivity contribution in [2.75, 3.05) is 6.61 Å². The lowest BCUT2D eigenvalue weighted by molar-refractivity contribution is -0.0755. The Balaban J connectivity index is 1.48. The Bertz CT molecular complexity index is 637. The topological polar surface area (TPSA) is 51.3 Å². The van der Waals surface area contributed by atoms with Crippen molar-refractivity contribution in [2.24, 2.45) is 5.92 Å². The minimum absolute atomic E-state index is 0.0267. The van der Waals surface area contributed by atoms with Crippen LogP contribution in [0.2, 0.25) is 0 Å². The average Bonchev–Trinajstić information content (AvgIpc) is 3.47. The number of amides is 1. The molecule has 1 aromatic rings. The first-order valence-corrected chi connectivity index (χ1v) is 10.3.